The number of allylic oxidation sites excluding steroid dienone is 1. The molecule has 2 rings (SSSR count). The summed E-state index contributed by atoms with van der Waals surface area (Å²) in [7, 11) is 0. The monoisotopic (exact) mass is 108 g/mol. The van der Waals surface area contributed by atoms with Gasteiger partial charge in [-0.1, -0.05) is 13.0 Å². The van der Waals surface area contributed by atoms with E-state index in [2.05, 4.69) is 19.6 Å². The summed E-state index contributed by atoms with van der Waals surface area (Å²) >= 11 is 0. The maximum Gasteiger partial charge on any atom is -0.0197 e. The molecule has 0 N–H and O–H groups in total. The highest BCUT2D eigenvalue weighted by Gasteiger charge is 2.62. The quantitative estimate of drug-likeness (QED) is 0.452. The molecule has 3 unspecified atom stereocenters. The molecule has 2 saturated carbocycles. The van der Waals surface area contributed by atoms with Gasteiger partial charge >= 0.3 is 0 Å². The fourth-order valence-electron chi connectivity index (χ4n) is 2.11. The molecule has 2 aliphatic carbocycles. The van der Waals surface area contributed by atoms with Crippen molar-refractivity contribution in [3.05, 3.63) is 12.7 Å². The van der Waals surface area contributed by atoms with Crippen molar-refractivity contribution in [1.82, 2.24) is 0 Å². The van der Waals surface area contributed by atoms with E-state index in [1.165, 1.54) is 12.8 Å². The minimum atomic E-state index is 0.791. The molecule has 0 aliphatic heterocycles. The molecule has 0 heterocycles. The van der Waals surface area contributed by atoms with Crippen LogP contribution < -0.4 is 0 Å². The second kappa shape index (κ2) is 1.02. The summed E-state index contributed by atoms with van der Waals surface area (Å²) in [6.45, 7) is 6.18. The molecule has 44 valence electrons. The summed E-state index contributed by atoms with van der Waals surface area (Å²) in [4.78, 5) is 0. The molecule has 0 spiro atoms. The van der Waals surface area contributed by atoms with Crippen molar-refractivity contribution in [2.24, 2.45) is 17.3 Å². The van der Waals surface area contributed by atoms with Gasteiger partial charge in [0.15, 0.2) is 0 Å². The van der Waals surface area contributed by atoms with Gasteiger partial charge in [-0.25, -0.2) is 0 Å². The minimum absolute atomic E-state index is 0.791. The molecule has 0 nitrogen and oxygen atoms in total. The van der Waals surface area contributed by atoms with Gasteiger partial charge in [-0.05, 0) is 30.1 Å². The maximum absolute atomic E-state index is 3.79. The molecule has 0 aromatic heterocycles. The zero-order chi connectivity index (χ0) is 5.78. The van der Waals surface area contributed by atoms with E-state index in [0.29, 0.717) is 0 Å². The van der Waals surface area contributed by atoms with E-state index < -0.39 is 0 Å². The third-order valence-corrected chi connectivity index (χ3v) is 2.94. The summed E-state index contributed by atoms with van der Waals surface area (Å²) in [6.07, 6.45) is 5.02. The lowest BCUT2D eigenvalue weighted by atomic mass is 9.76. The molecule has 0 saturated heterocycles. The topological polar surface area (TPSA) is 0 Å². The first-order valence-corrected chi connectivity index (χ1v) is 3.39. The molecule has 0 amide bonds. The van der Waals surface area contributed by atoms with E-state index in [9.17, 15) is 0 Å². The molecule has 0 aromatic rings. The Hall–Kier alpha value is -0.260. The molecule has 0 bridgehead atoms. The number of hydrogen-bond donors (Lipinski definition) is 0. The summed E-state index contributed by atoms with van der Waals surface area (Å²) in [5.74, 6) is 1.93. The second-order valence-corrected chi connectivity index (χ2v) is 3.57. The first-order valence-electron chi connectivity index (χ1n) is 3.39. The van der Waals surface area contributed by atoms with Crippen molar-refractivity contribution in [2.45, 2.75) is 19.8 Å². The Bertz CT molecular complexity index is 137. The van der Waals surface area contributed by atoms with Gasteiger partial charge in [0.25, 0.3) is 0 Å². The van der Waals surface area contributed by atoms with Gasteiger partial charge in [0.1, 0.15) is 0 Å². The lowest BCUT2D eigenvalue weighted by Crippen LogP contribution is -2.20. The van der Waals surface area contributed by atoms with Crippen LogP contribution in [0.5, 0.6) is 0 Å². The van der Waals surface area contributed by atoms with Crippen LogP contribution in [0.15, 0.2) is 12.7 Å². The molecule has 0 aromatic carbocycles. The van der Waals surface area contributed by atoms with Gasteiger partial charge in [0, 0.05) is 0 Å². The van der Waals surface area contributed by atoms with Crippen molar-refractivity contribution in [1.29, 1.82) is 0 Å². The van der Waals surface area contributed by atoms with Crippen molar-refractivity contribution in [2.75, 3.05) is 0 Å². The minimum Gasteiger partial charge on any atom is -0.103 e. The van der Waals surface area contributed by atoms with Gasteiger partial charge < -0.3 is 0 Å². The van der Waals surface area contributed by atoms with Gasteiger partial charge in [-0.3, -0.25) is 0 Å². The van der Waals surface area contributed by atoms with Crippen LogP contribution in [0.3, 0.4) is 0 Å². The van der Waals surface area contributed by atoms with E-state index >= 15 is 0 Å². The SMILES string of the molecule is C=CC1CC2(C)CC12. The van der Waals surface area contributed by atoms with Gasteiger partial charge in [0.2, 0.25) is 0 Å². The molecule has 2 fully saturated rings. The van der Waals surface area contributed by atoms with E-state index in [4.69, 9.17) is 0 Å². The molecular formula is C8H12. The summed E-state index contributed by atoms with van der Waals surface area (Å²) in [5.41, 5.74) is 0.791. The van der Waals surface area contributed by atoms with Crippen molar-refractivity contribution in [3.8, 4) is 0 Å². The number of fused-ring (bicyclic) bond motifs is 1. The van der Waals surface area contributed by atoms with Crippen molar-refractivity contribution in [3.63, 3.8) is 0 Å². The first-order chi connectivity index (χ1) is 3.76. The van der Waals surface area contributed by atoms with E-state index in [1.807, 2.05) is 0 Å². The Morgan fingerprint density at radius 3 is 2.50 bits per heavy atom. The van der Waals surface area contributed by atoms with Crippen LogP contribution in [-0.2, 0) is 0 Å². The highest BCUT2D eigenvalue weighted by Crippen LogP contribution is 2.70. The van der Waals surface area contributed by atoms with Crippen LogP contribution in [0, 0.1) is 17.3 Å². The highest BCUT2D eigenvalue weighted by atomic mass is 14.7. The van der Waals surface area contributed by atoms with Crippen LogP contribution in [0.2, 0.25) is 0 Å². The largest absolute Gasteiger partial charge is 0.103 e. The van der Waals surface area contributed by atoms with Crippen molar-refractivity contribution >= 4 is 0 Å². The van der Waals surface area contributed by atoms with Crippen LogP contribution in [0.1, 0.15) is 19.8 Å². The lowest BCUT2D eigenvalue weighted by Gasteiger charge is -2.28. The summed E-state index contributed by atoms with van der Waals surface area (Å²) in [5, 5.41) is 0. The Balaban J connectivity index is 2.06. The Labute approximate surface area is 50.6 Å². The Morgan fingerprint density at radius 2 is 2.38 bits per heavy atom. The molecule has 0 heteroatoms. The molecule has 3 atom stereocenters. The molecule has 8 heavy (non-hydrogen) atoms. The van der Waals surface area contributed by atoms with E-state index in [-0.39, 0.29) is 0 Å². The smallest absolute Gasteiger partial charge is 0.0197 e. The predicted octanol–water partition coefficient (Wildman–Crippen LogP) is 2.22. The van der Waals surface area contributed by atoms with Gasteiger partial charge in [-0.15, -0.1) is 6.58 Å². The lowest BCUT2D eigenvalue weighted by molar-refractivity contribution is 0.246. The average molecular weight is 108 g/mol. The molecular weight excluding hydrogens is 96.1 g/mol. The van der Waals surface area contributed by atoms with E-state index in [1.54, 1.807) is 0 Å². The molecule has 0 radical (unpaired) electrons. The fourth-order valence-corrected chi connectivity index (χ4v) is 2.11. The Morgan fingerprint density at radius 1 is 1.62 bits per heavy atom. The maximum atomic E-state index is 3.79. The predicted molar refractivity (Wildman–Crippen MR) is 34.5 cm³/mol. The fraction of sp³-hybridized carbons (Fsp3) is 0.750. The third-order valence-electron chi connectivity index (χ3n) is 2.94. The van der Waals surface area contributed by atoms with Gasteiger partial charge in [-0.2, -0.15) is 0 Å². The summed E-state index contributed by atoms with van der Waals surface area (Å²) in [6, 6.07) is 0. The first kappa shape index (κ1) is 4.60. The number of hydrogen-bond acceptors (Lipinski definition) is 0. The second-order valence-electron chi connectivity index (χ2n) is 3.57. The van der Waals surface area contributed by atoms with E-state index in [0.717, 1.165) is 17.3 Å². The number of rotatable bonds is 1. The zero-order valence-corrected chi connectivity index (χ0v) is 5.35. The zero-order valence-electron chi connectivity index (χ0n) is 5.35. The standard InChI is InChI=1S/C8H12/c1-3-6-4-8(2)5-7(6)8/h3,6-7H,1,4-5H2,2H3. The van der Waals surface area contributed by atoms with Crippen LogP contribution in [0.4, 0.5) is 0 Å². The summed E-state index contributed by atoms with van der Waals surface area (Å²) < 4.78 is 0. The third kappa shape index (κ3) is 0.331. The molecule has 2 aliphatic rings. The van der Waals surface area contributed by atoms with Crippen LogP contribution >= 0.6 is 0 Å². The van der Waals surface area contributed by atoms with Gasteiger partial charge in [0.05, 0.1) is 0 Å². The average Bonchev–Trinajstić information content (AvgIpc) is 2.21. The normalized spacial score (nSPS) is 58.6. The van der Waals surface area contributed by atoms with Crippen LogP contribution in [0.25, 0.3) is 0 Å². The highest BCUT2D eigenvalue weighted by molar-refractivity contribution is 5.16. The van der Waals surface area contributed by atoms with Crippen LogP contribution in [-0.4, -0.2) is 0 Å². The van der Waals surface area contributed by atoms with Crippen molar-refractivity contribution < 1.29 is 0 Å². The Kier molecular flexibility index (Phi) is 0.588.